The quantitative estimate of drug-likeness (QED) is 0.0532. The lowest BCUT2D eigenvalue weighted by Gasteiger charge is -2.54. The van der Waals surface area contributed by atoms with Crippen LogP contribution in [0, 0.1) is 34.5 Å². The van der Waals surface area contributed by atoms with Gasteiger partial charge in [0.1, 0.15) is 5.75 Å². The Morgan fingerprint density at radius 2 is 1.77 bits per heavy atom. The van der Waals surface area contributed by atoms with E-state index in [0.29, 0.717) is 78.4 Å². The fourth-order valence-electron chi connectivity index (χ4n) is 12.2. The smallest absolute Gasteiger partial charge is 0.165 e. The maximum Gasteiger partial charge on any atom is 0.165 e. The molecular formula is C53H61N3O8S2. The van der Waals surface area contributed by atoms with E-state index in [1.165, 1.54) is 0 Å². The summed E-state index contributed by atoms with van der Waals surface area (Å²) >= 11 is 0. The molecule has 13 heteroatoms. The van der Waals surface area contributed by atoms with Crippen LogP contribution in [-0.4, -0.2) is 72.8 Å². The Labute approximate surface area is 394 Å². The standard InChI is InChI=1S/C53H61N3O8S2/c54-50(55)41-23-34-3-1-6-45-39(15-19-56-45)48(62)25-42-40(34)24-36(41)28-65-66-31-52-26-35-13-18-53(52,63)30-51(29-52,44(35)5-2-4-38(59)27-57)17-14-37(58)10-7-32-9-12-47(61)49(22-32)64-20-16-33-8-11-46(60)43(42)21-33/h8-9,11-12,14-15,17,19,21-24,35,38,42,44,50,56-57,59-61,63H,2,4-7,10,13,16,18,20,25-31,54-55H2/b17-14+/t35-,38+,42-,44+,51-,52+,53+/m1/s1. The molecule has 3 saturated carbocycles. The van der Waals surface area contributed by atoms with Crippen molar-refractivity contribution in [1.82, 2.24) is 4.98 Å². The van der Waals surface area contributed by atoms with Gasteiger partial charge in [0, 0.05) is 70.7 Å². The molecule has 0 amide bonds. The molecule has 0 saturated heterocycles. The molecule has 3 aromatic carbocycles. The minimum atomic E-state index is -0.907. The SMILES string of the molecule is NC(N)c1cc2c3cc1CSSC[C@@]14C[C@H]5CC[C@]1(O)C[C@@](/C=C/C(=O)CCc1ccc(O)c(c1)OCCc1ccc(O)c(c1)[C@@H]3CC(=O)c1cc[nH]c1CC#C2)(C4)[C@H]5CCC[C@H](O)CO. The molecule has 5 aliphatic rings. The number of nitrogens with one attached hydrogen (secondary N) is 1. The molecule has 11 nitrogen and oxygen atoms in total. The fraction of sp³-hybridized carbons (Fsp3) is 0.472. The zero-order chi connectivity index (χ0) is 46.2. The Bertz CT molecular complexity index is 2580. The number of ether oxygens (including phenoxy) is 1. The van der Waals surface area contributed by atoms with Crippen molar-refractivity contribution in [2.24, 2.45) is 34.1 Å². The van der Waals surface area contributed by atoms with Gasteiger partial charge in [0.2, 0.25) is 0 Å². The Hall–Kier alpha value is -4.52. The van der Waals surface area contributed by atoms with E-state index in [4.69, 9.17) is 16.2 Å². The number of nitrogens with two attached hydrogens (primary N) is 2. The number of aliphatic hydroxyl groups excluding tert-OH is 2. The normalized spacial score (nSPS) is 28.5. The number of aromatic hydroxyl groups is 2. The first-order valence-electron chi connectivity index (χ1n) is 23.4. The third kappa shape index (κ3) is 9.23. The molecule has 9 rings (SSSR count). The first-order valence-corrected chi connectivity index (χ1v) is 25.9. The van der Waals surface area contributed by atoms with E-state index in [0.717, 1.165) is 65.6 Å². The van der Waals surface area contributed by atoms with Crippen molar-refractivity contribution in [3.63, 3.8) is 0 Å². The molecule has 9 bridgehead atoms. The molecule has 7 atom stereocenters. The van der Waals surface area contributed by atoms with Gasteiger partial charge in [-0.15, -0.1) is 0 Å². The van der Waals surface area contributed by atoms with E-state index in [9.17, 15) is 35.1 Å². The Balaban J connectivity index is 1.10. The zero-order valence-corrected chi connectivity index (χ0v) is 38.9. The lowest BCUT2D eigenvalue weighted by molar-refractivity contribution is -0.114. The van der Waals surface area contributed by atoms with Crippen LogP contribution in [0.5, 0.6) is 17.2 Å². The highest BCUT2D eigenvalue weighted by molar-refractivity contribution is 8.76. The first kappa shape index (κ1) is 46.6. The first-order chi connectivity index (χ1) is 31.8. The maximum atomic E-state index is 14.2. The van der Waals surface area contributed by atoms with Crippen molar-refractivity contribution in [2.75, 3.05) is 19.0 Å². The van der Waals surface area contributed by atoms with Crippen LogP contribution >= 0.6 is 21.6 Å². The van der Waals surface area contributed by atoms with Gasteiger partial charge >= 0.3 is 0 Å². The number of rotatable bonds is 6. The molecule has 66 heavy (non-hydrogen) atoms. The molecule has 0 radical (unpaired) electrons. The van der Waals surface area contributed by atoms with Gasteiger partial charge in [-0.2, -0.15) is 0 Å². The monoisotopic (exact) mass is 931 g/mol. The van der Waals surface area contributed by atoms with Crippen molar-refractivity contribution in [3.05, 3.63) is 123 Å². The number of H-pyrrole nitrogens is 1. The van der Waals surface area contributed by atoms with Crippen LogP contribution in [0.4, 0.5) is 0 Å². The fourth-order valence-corrected chi connectivity index (χ4v) is 15.0. The van der Waals surface area contributed by atoms with E-state index >= 15 is 0 Å². The van der Waals surface area contributed by atoms with Crippen molar-refractivity contribution in [1.29, 1.82) is 0 Å². The molecule has 0 unspecified atom stereocenters. The number of ketones is 2. The minimum absolute atomic E-state index is 0.00388. The number of phenolic OH excluding ortho intramolecular Hbond substituents is 2. The number of aromatic nitrogens is 1. The molecule has 3 fully saturated rings. The summed E-state index contributed by atoms with van der Waals surface area (Å²) < 4.78 is 6.16. The molecule has 1 aliphatic heterocycles. The molecule has 2 heterocycles. The number of aryl methyl sites for hydroxylation is 1. The largest absolute Gasteiger partial charge is 0.508 e. The van der Waals surface area contributed by atoms with Crippen molar-refractivity contribution < 1.29 is 39.9 Å². The van der Waals surface area contributed by atoms with Gasteiger partial charge in [0.05, 0.1) is 37.5 Å². The summed E-state index contributed by atoms with van der Waals surface area (Å²) in [7, 11) is 3.43. The molecule has 1 spiro atoms. The topological polar surface area (TPSA) is 212 Å². The number of carbonyl (C=O) groups is 2. The predicted molar refractivity (Wildman–Crippen MR) is 258 cm³/mol. The van der Waals surface area contributed by atoms with Crippen molar-refractivity contribution in [2.45, 2.75) is 113 Å². The van der Waals surface area contributed by atoms with Crippen molar-refractivity contribution >= 4 is 33.2 Å². The average molecular weight is 932 g/mol. The van der Waals surface area contributed by atoms with Gasteiger partial charge in [-0.1, -0.05) is 70.2 Å². The van der Waals surface area contributed by atoms with Gasteiger partial charge in [0.15, 0.2) is 23.1 Å². The van der Waals surface area contributed by atoms with E-state index in [1.54, 1.807) is 64.2 Å². The molecule has 348 valence electrons. The molecule has 1 aromatic heterocycles. The van der Waals surface area contributed by atoms with Crippen LogP contribution in [0.1, 0.15) is 131 Å². The second-order valence-corrected chi connectivity index (χ2v) is 22.0. The van der Waals surface area contributed by atoms with Crippen LogP contribution in [-0.2, 0) is 29.8 Å². The van der Waals surface area contributed by atoms with Gasteiger partial charge < -0.3 is 46.7 Å². The highest BCUT2D eigenvalue weighted by atomic mass is 33.1. The van der Waals surface area contributed by atoms with Crippen LogP contribution < -0.4 is 16.2 Å². The van der Waals surface area contributed by atoms with Gasteiger partial charge in [-0.25, -0.2) is 0 Å². The predicted octanol–water partition coefficient (Wildman–Crippen LogP) is 7.68. The Kier molecular flexibility index (Phi) is 13.6. The van der Waals surface area contributed by atoms with Crippen LogP contribution in [0.25, 0.3) is 0 Å². The Morgan fingerprint density at radius 1 is 0.955 bits per heavy atom. The number of fused-ring (bicyclic) bond motifs is 8. The van der Waals surface area contributed by atoms with Gasteiger partial charge in [-0.05, 0) is 133 Å². The second kappa shape index (κ2) is 19.2. The number of hydrogen-bond acceptors (Lipinski definition) is 12. The third-order valence-corrected chi connectivity index (χ3v) is 18.0. The second-order valence-electron chi connectivity index (χ2n) is 19.6. The Morgan fingerprint density at radius 3 is 2.59 bits per heavy atom. The van der Waals surface area contributed by atoms with Gasteiger partial charge in [0.25, 0.3) is 0 Å². The summed E-state index contributed by atoms with van der Waals surface area (Å²) in [6.45, 7) is -0.0557. The minimum Gasteiger partial charge on any atom is -0.508 e. The summed E-state index contributed by atoms with van der Waals surface area (Å²) in [4.78, 5) is 31.2. The van der Waals surface area contributed by atoms with E-state index in [1.807, 2.05) is 18.2 Å². The average Bonchev–Trinajstić information content (AvgIpc) is 3.83. The summed E-state index contributed by atoms with van der Waals surface area (Å²) in [5, 5.41) is 55.0. The van der Waals surface area contributed by atoms with E-state index in [2.05, 4.69) is 29.0 Å². The highest BCUT2D eigenvalue weighted by Gasteiger charge is 2.70. The number of carbonyl (C=O) groups excluding carboxylic acids is 2. The number of aromatic amines is 1. The zero-order valence-electron chi connectivity index (χ0n) is 37.3. The summed E-state index contributed by atoms with van der Waals surface area (Å²) in [6, 6.07) is 16.4. The number of benzene rings is 3. The molecule has 4 aromatic rings. The van der Waals surface area contributed by atoms with Crippen LogP contribution in [0.2, 0.25) is 0 Å². The molecule has 4 aliphatic carbocycles. The number of phenols is 2. The maximum absolute atomic E-state index is 14.2. The number of hydrogen-bond donors (Lipinski definition) is 8. The summed E-state index contributed by atoms with van der Waals surface area (Å²) in [5.41, 5.74) is 18.1. The molecular weight excluding hydrogens is 871 g/mol. The third-order valence-electron chi connectivity index (χ3n) is 15.5. The number of Topliss-reactive ketones (excluding diaryl/α,β-unsaturated/α-hetero) is 1. The number of allylic oxidation sites excluding steroid dienone is 2. The van der Waals surface area contributed by atoms with E-state index < -0.39 is 29.2 Å². The lowest BCUT2D eigenvalue weighted by atomic mass is 9.53. The van der Waals surface area contributed by atoms with Crippen LogP contribution in [0.3, 0.4) is 0 Å². The molecule has 10 N–H and O–H groups in total. The lowest BCUT2D eigenvalue weighted by Crippen LogP contribution is -2.52. The van der Waals surface area contributed by atoms with Crippen LogP contribution in [0.15, 0.2) is 72.9 Å². The summed E-state index contributed by atoms with van der Waals surface area (Å²) in [5.74, 6) is 8.20. The van der Waals surface area contributed by atoms with Crippen molar-refractivity contribution in [3.8, 4) is 29.1 Å². The van der Waals surface area contributed by atoms with E-state index in [-0.39, 0.29) is 60.5 Å². The highest BCUT2D eigenvalue weighted by Crippen LogP contribution is 2.73. The van der Waals surface area contributed by atoms with Gasteiger partial charge in [-0.3, -0.25) is 9.59 Å². The number of aliphatic hydroxyl groups is 3. The summed E-state index contributed by atoms with van der Waals surface area (Å²) in [6.07, 6.45) is 11.6.